The third kappa shape index (κ3) is 3.35. The molecule has 1 fully saturated rings. The third-order valence-corrected chi connectivity index (χ3v) is 5.79. The lowest BCUT2D eigenvalue weighted by Crippen LogP contribution is -2.39. The molecule has 8 heteroatoms. The van der Waals surface area contributed by atoms with E-state index in [0.717, 1.165) is 17.8 Å². The van der Waals surface area contributed by atoms with Gasteiger partial charge in [0, 0.05) is 41.4 Å². The number of likely N-dealkylation sites (tertiary alicyclic amines) is 1. The van der Waals surface area contributed by atoms with Crippen molar-refractivity contribution in [2.75, 3.05) is 13.1 Å². The summed E-state index contributed by atoms with van der Waals surface area (Å²) in [6, 6.07) is 8.58. The maximum absolute atomic E-state index is 13.1. The minimum Gasteiger partial charge on any atom is -0.476 e. The average molecular weight is 383 g/mol. The number of hydrogen-bond donors (Lipinski definition) is 2. The molecule has 1 unspecified atom stereocenters. The lowest BCUT2D eigenvalue weighted by atomic mass is 9.97. The van der Waals surface area contributed by atoms with Gasteiger partial charge in [-0.25, -0.2) is 9.78 Å². The first-order valence-corrected chi connectivity index (χ1v) is 9.51. The number of carboxylic acid groups (broad SMARTS) is 1. The Kier molecular flexibility index (Phi) is 4.49. The summed E-state index contributed by atoms with van der Waals surface area (Å²) in [5.41, 5.74) is 0.754. The predicted molar refractivity (Wildman–Crippen MR) is 102 cm³/mol. The molecule has 3 heterocycles. The van der Waals surface area contributed by atoms with E-state index < -0.39 is 5.97 Å². The minimum absolute atomic E-state index is 0.00839. The molecule has 3 aromatic rings. The van der Waals surface area contributed by atoms with Gasteiger partial charge in [0.15, 0.2) is 5.69 Å². The molecule has 1 atom stereocenters. The molecule has 27 heavy (non-hydrogen) atoms. The van der Waals surface area contributed by atoms with Crippen molar-refractivity contribution < 1.29 is 14.7 Å². The quantitative estimate of drug-likeness (QED) is 0.724. The molecule has 0 spiro atoms. The Hall–Kier alpha value is -3.00. The number of carbonyl (C=O) groups is 2. The molecular formula is C19H17N3O4S. The van der Waals surface area contributed by atoms with Crippen LogP contribution >= 0.6 is 11.3 Å². The Morgan fingerprint density at radius 1 is 1.30 bits per heavy atom. The van der Waals surface area contributed by atoms with Crippen LogP contribution in [0.2, 0.25) is 0 Å². The van der Waals surface area contributed by atoms with Gasteiger partial charge < -0.3 is 15.0 Å². The van der Waals surface area contributed by atoms with E-state index in [1.807, 2.05) is 18.2 Å². The Morgan fingerprint density at radius 3 is 2.89 bits per heavy atom. The molecule has 138 valence electrons. The Balaban J connectivity index is 1.62. The molecular weight excluding hydrogens is 366 g/mol. The molecule has 1 saturated heterocycles. The molecule has 2 N–H and O–H groups in total. The second kappa shape index (κ2) is 6.96. The number of rotatable bonds is 3. The smallest absolute Gasteiger partial charge is 0.355 e. The minimum atomic E-state index is -1.05. The van der Waals surface area contributed by atoms with E-state index in [1.54, 1.807) is 11.0 Å². The predicted octanol–water partition coefficient (Wildman–Crippen LogP) is 2.70. The van der Waals surface area contributed by atoms with Crippen LogP contribution in [0.3, 0.4) is 0 Å². The van der Waals surface area contributed by atoms with E-state index in [0.29, 0.717) is 29.6 Å². The molecule has 4 rings (SSSR count). The van der Waals surface area contributed by atoms with E-state index in [2.05, 4.69) is 9.97 Å². The van der Waals surface area contributed by atoms with Gasteiger partial charge in [-0.2, -0.15) is 0 Å². The summed E-state index contributed by atoms with van der Waals surface area (Å²) in [5.74, 6) is -1.22. The van der Waals surface area contributed by atoms with Crippen molar-refractivity contribution in [3.05, 3.63) is 62.3 Å². The first kappa shape index (κ1) is 17.4. The maximum Gasteiger partial charge on any atom is 0.355 e. The molecule has 7 nitrogen and oxygen atoms in total. The second-order valence-corrected chi connectivity index (χ2v) is 7.45. The summed E-state index contributed by atoms with van der Waals surface area (Å²) < 4.78 is 0. The molecule has 2 aromatic heterocycles. The van der Waals surface area contributed by atoms with Crippen molar-refractivity contribution in [3.63, 3.8) is 0 Å². The number of nitrogens with zero attached hydrogens (tertiary/aromatic N) is 2. The van der Waals surface area contributed by atoms with E-state index in [1.165, 1.54) is 22.8 Å². The van der Waals surface area contributed by atoms with Crippen molar-refractivity contribution in [2.24, 2.45) is 0 Å². The van der Waals surface area contributed by atoms with E-state index >= 15 is 0 Å². The van der Waals surface area contributed by atoms with Crippen LogP contribution in [0, 0.1) is 0 Å². The maximum atomic E-state index is 13.1. The van der Waals surface area contributed by atoms with Crippen LogP contribution < -0.4 is 5.56 Å². The van der Waals surface area contributed by atoms with Crippen LogP contribution in [0.5, 0.6) is 0 Å². The Bertz CT molecular complexity index is 1090. The van der Waals surface area contributed by atoms with Crippen molar-refractivity contribution in [3.8, 4) is 0 Å². The third-order valence-electron chi connectivity index (χ3n) is 4.78. The van der Waals surface area contributed by atoms with Gasteiger partial charge in [-0.05, 0) is 18.9 Å². The Morgan fingerprint density at radius 2 is 2.11 bits per heavy atom. The highest BCUT2D eigenvalue weighted by Gasteiger charge is 2.28. The number of benzene rings is 1. The van der Waals surface area contributed by atoms with Crippen LogP contribution in [-0.4, -0.2) is 44.9 Å². The first-order valence-electron chi connectivity index (χ1n) is 8.63. The highest BCUT2D eigenvalue weighted by atomic mass is 32.1. The summed E-state index contributed by atoms with van der Waals surface area (Å²) in [5, 5.41) is 12.0. The molecule has 0 saturated carbocycles. The Labute approximate surface area is 158 Å². The number of H-pyrrole nitrogens is 1. The number of aromatic nitrogens is 2. The zero-order valence-electron chi connectivity index (χ0n) is 14.3. The highest BCUT2D eigenvalue weighted by Crippen LogP contribution is 2.30. The van der Waals surface area contributed by atoms with Crippen molar-refractivity contribution in [1.82, 2.24) is 14.9 Å². The van der Waals surface area contributed by atoms with Crippen molar-refractivity contribution >= 4 is 34.1 Å². The van der Waals surface area contributed by atoms with E-state index in [9.17, 15) is 14.4 Å². The van der Waals surface area contributed by atoms with Crippen LogP contribution in [0.1, 0.15) is 44.6 Å². The number of pyridine rings is 1. The number of fused-ring (bicyclic) bond motifs is 1. The topological polar surface area (TPSA) is 103 Å². The van der Waals surface area contributed by atoms with Gasteiger partial charge in [-0.15, -0.1) is 11.3 Å². The number of carboxylic acids is 1. The summed E-state index contributed by atoms with van der Waals surface area (Å²) in [4.78, 5) is 44.8. The monoisotopic (exact) mass is 383 g/mol. The summed E-state index contributed by atoms with van der Waals surface area (Å²) in [6.45, 7) is 1.07. The standard InChI is InChI=1S/C19H17N3O4S/c23-16-8-13(12-5-1-2-6-14(12)20-16)18(24)22-7-3-4-11(9-22)17-21-15(10-27-17)19(25)26/h1-2,5-6,8,10-11H,3-4,7,9H2,(H,20,23)(H,25,26). The number of thiazole rings is 1. The summed E-state index contributed by atoms with van der Waals surface area (Å²) in [7, 11) is 0. The molecule has 1 aliphatic rings. The van der Waals surface area contributed by atoms with Gasteiger partial charge >= 0.3 is 5.97 Å². The SMILES string of the molecule is O=C(O)c1csc(C2CCCN(C(=O)c3cc(=O)[nH]c4ccccc34)C2)n1. The first-order chi connectivity index (χ1) is 13.0. The summed E-state index contributed by atoms with van der Waals surface area (Å²) >= 11 is 1.31. The molecule has 1 aromatic carbocycles. The van der Waals surface area contributed by atoms with Crippen molar-refractivity contribution in [1.29, 1.82) is 0 Å². The number of para-hydroxylation sites is 1. The zero-order valence-corrected chi connectivity index (χ0v) is 15.2. The highest BCUT2D eigenvalue weighted by molar-refractivity contribution is 7.09. The number of aromatic amines is 1. The van der Waals surface area contributed by atoms with Crippen LogP contribution in [-0.2, 0) is 0 Å². The van der Waals surface area contributed by atoms with Gasteiger partial charge in [0.1, 0.15) is 0 Å². The van der Waals surface area contributed by atoms with Crippen LogP contribution in [0.25, 0.3) is 10.9 Å². The summed E-state index contributed by atoms with van der Waals surface area (Å²) in [6.07, 6.45) is 1.66. The number of amides is 1. The number of hydrogen-bond acceptors (Lipinski definition) is 5. The van der Waals surface area contributed by atoms with E-state index in [4.69, 9.17) is 5.11 Å². The van der Waals surface area contributed by atoms with E-state index in [-0.39, 0.29) is 23.1 Å². The van der Waals surface area contributed by atoms with Crippen LogP contribution in [0.15, 0.2) is 40.5 Å². The molecule has 0 radical (unpaired) electrons. The largest absolute Gasteiger partial charge is 0.476 e. The fourth-order valence-corrected chi connectivity index (χ4v) is 4.41. The molecule has 0 aliphatic carbocycles. The van der Waals surface area contributed by atoms with Crippen molar-refractivity contribution in [2.45, 2.75) is 18.8 Å². The fourth-order valence-electron chi connectivity index (χ4n) is 3.49. The average Bonchev–Trinajstić information content (AvgIpc) is 3.17. The van der Waals surface area contributed by atoms with Gasteiger partial charge in [0.2, 0.25) is 5.56 Å². The molecule has 0 bridgehead atoms. The van der Waals surface area contributed by atoms with Gasteiger partial charge in [-0.3, -0.25) is 9.59 Å². The second-order valence-electron chi connectivity index (χ2n) is 6.56. The fraction of sp³-hybridized carbons (Fsp3) is 0.263. The molecule has 1 amide bonds. The van der Waals surface area contributed by atoms with Gasteiger partial charge in [0.05, 0.1) is 10.6 Å². The van der Waals surface area contributed by atoms with Gasteiger partial charge in [-0.1, -0.05) is 18.2 Å². The lowest BCUT2D eigenvalue weighted by molar-refractivity contribution is 0.0683. The number of piperidine rings is 1. The number of aromatic carboxylic acids is 1. The number of nitrogens with one attached hydrogen (secondary N) is 1. The number of carbonyl (C=O) groups excluding carboxylic acids is 1. The normalized spacial score (nSPS) is 17.2. The lowest BCUT2D eigenvalue weighted by Gasteiger charge is -2.32. The van der Waals surface area contributed by atoms with Gasteiger partial charge in [0.25, 0.3) is 5.91 Å². The molecule has 1 aliphatic heterocycles. The zero-order chi connectivity index (χ0) is 19.0. The van der Waals surface area contributed by atoms with Crippen LogP contribution in [0.4, 0.5) is 0 Å².